The van der Waals surface area contributed by atoms with E-state index >= 15 is 0 Å². The number of carbonyl (C=O) groups is 1. The van der Waals surface area contributed by atoms with E-state index in [1.807, 2.05) is 13.8 Å². The number of nitrogens with zero attached hydrogens (tertiary/aromatic N) is 2. The summed E-state index contributed by atoms with van der Waals surface area (Å²) in [4.78, 5) is 11.8. The molecule has 1 heterocycles. The maximum absolute atomic E-state index is 11.8. The molecule has 0 bridgehead atoms. The second-order valence-corrected chi connectivity index (χ2v) is 4.78. The Balaban J connectivity index is 2.02. The number of carbonyl (C=O) groups excluding carboxylic acids is 1. The van der Waals surface area contributed by atoms with Gasteiger partial charge in [0.25, 0.3) is 5.89 Å². The van der Waals surface area contributed by atoms with E-state index in [0.29, 0.717) is 11.8 Å². The van der Waals surface area contributed by atoms with E-state index < -0.39 is 6.04 Å². The first-order valence-electron chi connectivity index (χ1n) is 5.70. The van der Waals surface area contributed by atoms with Crippen LogP contribution in [-0.2, 0) is 6.42 Å². The standard InChI is InChI=1S/C11H17N3O2/c1-6(2)9(12)10(15)11-14-13-8(16-11)5-7-3-4-7/h6-7,9H,3-5,12H2,1-2H3/t9-/m0/s1. The van der Waals surface area contributed by atoms with Crippen LogP contribution >= 0.6 is 0 Å². The molecule has 1 aromatic heterocycles. The van der Waals surface area contributed by atoms with E-state index in [0.717, 1.165) is 6.42 Å². The molecular formula is C11H17N3O2. The zero-order valence-electron chi connectivity index (χ0n) is 9.64. The van der Waals surface area contributed by atoms with Crippen LogP contribution in [-0.4, -0.2) is 22.0 Å². The van der Waals surface area contributed by atoms with Gasteiger partial charge in [0.05, 0.1) is 6.04 Å². The first-order valence-corrected chi connectivity index (χ1v) is 5.70. The van der Waals surface area contributed by atoms with Gasteiger partial charge in [-0.3, -0.25) is 4.79 Å². The molecule has 1 aliphatic rings. The molecule has 88 valence electrons. The molecule has 0 saturated heterocycles. The van der Waals surface area contributed by atoms with Crippen molar-refractivity contribution in [1.29, 1.82) is 0 Å². The summed E-state index contributed by atoms with van der Waals surface area (Å²) in [7, 11) is 0. The fourth-order valence-corrected chi connectivity index (χ4v) is 1.45. The van der Waals surface area contributed by atoms with Crippen molar-refractivity contribution in [3.05, 3.63) is 11.8 Å². The predicted molar refractivity (Wildman–Crippen MR) is 57.9 cm³/mol. The van der Waals surface area contributed by atoms with Gasteiger partial charge in [0.1, 0.15) is 0 Å². The van der Waals surface area contributed by atoms with Crippen molar-refractivity contribution in [2.24, 2.45) is 17.6 Å². The van der Waals surface area contributed by atoms with Gasteiger partial charge in [-0.05, 0) is 24.7 Å². The minimum Gasteiger partial charge on any atom is -0.418 e. The number of ketones is 1. The molecule has 0 radical (unpaired) electrons. The molecule has 16 heavy (non-hydrogen) atoms. The number of nitrogens with two attached hydrogens (primary N) is 1. The van der Waals surface area contributed by atoms with Gasteiger partial charge in [-0.2, -0.15) is 0 Å². The fraction of sp³-hybridized carbons (Fsp3) is 0.727. The third kappa shape index (κ3) is 2.47. The van der Waals surface area contributed by atoms with Crippen LogP contribution in [0.1, 0.15) is 43.3 Å². The lowest BCUT2D eigenvalue weighted by Crippen LogP contribution is -2.35. The maximum Gasteiger partial charge on any atom is 0.285 e. The van der Waals surface area contributed by atoms with Gasteiger partial charge < -0.3 is 10.2 Å². The highest BCUT2D eigenvalue weighted by Gasteiger charge is 2.27. The van der Waals surface area contributed by atoms with E-state index in [1.54, 1.807) is 0 Å². The highest BCUT2D eigenvalue weighted by molar-refractivity contribution is 5.95. The quantitative estimate of drug-likeness (QED) is 0.758. The van der Waals surface area contributed by atoms with Crippen LogP contribution in [0.15, 0.2) is 4.42 Å². The molecule has 5 nitrogen and oxygen atoms in total. The van der Waals surface area contributed by atoms with E-state index in [1.165, 1.54) is 12.8 Å². The Morgan fingerprint density at radius 3 is 2.75 bits per heavy atom. The van der Waals surface area contributed by atoms with Gasteiger partial charge in [0.15, 0.2) is 0 Å². The zero-order valence-corrected chi connectivity index (χ0v) is 9.64. The van der Waals surface area contributed by atoms with E-state index in [2.05, 4.69) is 10.2 Å². The maximum atomic E-state index is 11.8. The third-order valence-corrected chi connectivity index (χ3v) is 2.86. The van der Waals surface area contributed by atoms with Crippen molar-refractivity contribution in [2.45, 2.75) is 39.2 Å². The van der Waals surface area contributed by atoms with Gasteiger partial charge in [0, 0.05) is 6.42 Å². The SMILES string of the molecule is CC(C)[C@H](N)C(=O)c1nnc(CC2CC2)o1. The van der Waals surface area contributed by atoms with Gasteiger partial charge in [-0.1, -0.05) is 13.8 Å². The van der Waals surface area contributed by atoms with Crippen LogP contribution in [0.4, 0.5) is 0 Å². The number of hydrogen-bond donors (Lipinski definition) is 1. The lowest BCUT2D eigenvalue weighted by molar-refractivity contribution is 0.0904. The lowest BCUT2D eigenvalue weighted by Gasteiger charge is -2.10. The summed E-state index contributed by atoms with van der Waals surface area (Å²) in [6, 6.07) is -0.561. The minimum atomic E-state index is -0.561. The van der Waals surface area contributed by atoms with E-state index in [9.17, 15) is 4.79 Å². The van der Waals surface area contributed by atoms with Crippen molar-refractivity contribution in [2.75, 3.05) is 0 Å². The molecule has 1 aliphatic carbocycles. The van der Waals surface area contributed by atoms with Crippen LogP contribution in [0.2, 0.25) is 0 Å². The molecule has 5 heteroatoms. The van der Waals surface area contributed by atoms with Crippen molar-refractivity contribution in [3.8, 4) is 0 Å². The van der Waals surface area contributed by atoms with Crippen molar-refractivity contribution in [3.63, 3.8) is 0 Å². The largest absolute Gasteiger partial charge is 0.418 e. The first-order chi connectivity index (χ1) is 7.58. The summed E-state index contributed by atoms with van der Waals surface area (Å²) in [5.74, 6) is 1.09. The lowest BCUT2D eigenvalue weighted by atomic mass is 10.0. The van der Waals surface area contributed by atoms with Gasteiger partial charge >= 0.3 is 0 Å². The molecule has 0 unspecified atom stereocenters. The minimum absolute atomic E-state index is 0.0526. The van der Waals surface area contributed by atoms with Gasteiger partial charge in [-0.15, -0.1) is 10.2 Å². The summed E-state index contributed by atoms with van der Waals surface area (Å²) >= 11 is 0. The van der Waals surface area contributed by atoms with Gasteiger partial charge in [0.2, 0.25) is 11.7 Å². The Hall–Kier alpha value is -1.23. The first kappa shape index (κ1) is 11.3. The Bertz CT molecular complexity index is 382. The molecule has 1 fully saturated rings. The average Bonchev–Trinajstić information content (AvgIpc) is 2.92. The summed E-state index contributed by atoms with van der Waals surface area (Å²) < 4.78 is 5.32. The van der Waals surface area contributed by atoms with Crippen molar-refractivity contribution < 1.29 is 9.21 Å². The molecule has 1 atom stereocenters. The highest BCUT2D eigenvalue weighted by atomic mass is 16.4. The second kappa shape index (κ2) is 4.33. The highest BCUT2D eigenvalue weighted by Crippen LogP contribution is 2.32. The summed E-state index contributed by atoms with van der Waals surface area (Å²) in [6.45, 7) is 3.79. The van der Waals surface area contributed by atoms with Crippen LogP contribution < -0.4 is 5.73 Å². The number of hydrogen-bond acceptors (Lipinski definition) is 5. The topological polar surface area (TPSA) is 82.0 Å². The molecule has 1 aromatic rings. The smallest absolute Gasteiger partial charge is 0.285 e. The zero-order chi connectivity index (χ0) is 11.7. The Kier molecular flexibility index (Phi) is 3.05. The molecule has 0 aliphatic heterocycles. The molecule has 0 aromatic carbocycles. The normalized spacial score (nSPS) is 17.8. The van der Waals surface area contributed by atoms with Crippen molar-refractivity contribution in [1.82, 2.24) is 10.2 Å². The Morgan fingerprint density at radius 1 is 1.50 bits per heavy atom. The molecular weight excluding hydrogens is 206 g/mol. The number of Topliss-reactive ketones (excluding diaryl/α,β-unsaturated/α-hetero) is 1. The Labute approximate surface area is 94.4 Å². The van der Waals surface area contributed by atoms with Crippen LogP contribution in [0.5, 0.6) is 0 Å². The number of rotatable bonds is 5. The van der Waals surface area contributed by atoms with Crippen LogP contribution in [0, 0.1) is 11.8 Å². The molecule has 0 amide bonds. The molecule has 1 saturated carbocycles. The molecule has 0 spiro atoms. The second-order valence-electron chi connectivity index (χ2n) is 4.78. The van der Waals surface area contributed by atoms with Crippen molar-refractivity contribution >= 4 is 5.78 Å². The summed E-state index contributed by atoms with van der Waals surface area (Å²) in [5, 5.41) is 7.62. The number of aromatic nitrogens is 2. The van der Waals surface area contributed by atoms with Crippen LogP contribution in [0.3, 0.4) is 0 Å². The fourth-order valence-electron chi connectivity index (χ4n) is 1.45. The average molecular weight is 223 g/mol. The van der Waals surface area contributed by atoms with E-state index in [-0.39, 0.29) is 17.6 Å². The summed E-state index contributed by atoms with van der Waals surface area (Å²) in [6.07, 6.45) is 3.23. The monoisotopic (exact) mass is 223 g/mol. The predicted octanol–water partition coefficient (Wildman–Crippen LogP) is 1.19. The third-order valence-electron chi connectivity index (χ3n) is 2.86. The van der Waals surface area contributed by atoms with E-state index in [4.69, 9.17) is 10.2 Å². The van der Waals surface area contributed by atoms with Gasteiger partial charge in [-0.25, -0.2) is 0 Å². The molecule has 2 rings (SSSR count). The summed E-state index contributed by atoms with van der Waals surface area (Å²) in [5.41, 5.74) is 5.74. The Morgan fingerprint density at radius 2 is 2.19 bits per heavy atom. The molecule has 2 N–H and O–H groups in total. The van der Waals surface area contributed by atoms with Crippen LogP contribution in [0.25, 0.3) is 0 Å².